The number of nitrogens with zero attached hydrogens (tertiary/aromatic N) is 4. The van der Waals surface area contributed by atoms with E-state index < -0.39 is 5.97 Å². The number of rotatable bonds is 5. The first-order valence-corrected chi connectivity index (χ1v) is 8.86. The molecule has 2 aromatic rings. The van der Waals surface area contributed by atoms with E-state index in [1.807, 2.05) is 0 Å². The first kappa shape index (κ1) is 18.1. The van der Waals surface area contributed by atoms with Crippen LogP contribution in [0.4, 0.5) is 0 Å². The van der Waals surface area contributed by atoms with Crippen molar-refractivity contribution in [3.05, 3.63) is 22.9 Å². The Balaban J connectivity index is 1.51. The second-order valence-electron chi connectivity index (χ2n) is 6.60. The quantitative estimate of drug-likeness (QED) is 0.614. The fourth-order valence-electron chi connectivity index (χ4n) is 3.20. The van der Waals surface area contributed by atoms with Crippen LogP contribution in [0.5, 0.6) is 0 Å². The molecule has 0 aromatic carbocycles. The number of carbonyl (C=O) groups is 2. The van der Waals surface area contributed by atoms with Crippen molar-refractivity contribution < 1.29 is 14.3 Å². The summed E-state index contributed by atoms with van der Waals surface area (Å²) in [5, 5.41) is 7.21. The van der Waals surface area contributed by atoms with Gasteiger partial charge in [0.1, 0.15) is 18.3 Å². The van der Waals surface area contributed by atoms with Gasteiger partial charge in [0.05, 0.1) is 6.20 Å². The molecule has 9 heteroatoms. The number of amides is 1. The van der Waals surface area contributed by atoms with Gasteiger partial charge in [0.15, 0.2) is 12.3 Å². The topological polar surface area (TPSA) is 108 Å². The summed E-state index contributed by atoms with van der Waals surface area (Å²) in [6, 6.07) is 0.156. The van der Waals surface area contributed by atoms with Gasteiger partial charge in [-0.3, -0.25) is 23.6 Å². The molecule has 1 N–H and O–H groups in total. The number of hydrogen-bond acceptors (Lipinski definition) is 6. The Kier molecular flexibility index (Phi) is 5.65. The number of fused-ring (bicyclic) bond motifs is 1. The summed E-state index contributed by atoms with van der Waals surface area (Å²) in [5.41, 5.74) is 0.0744. The summed E-state index contributed by atoms with van der Waals surface area (Å²) >= 11 is 0. The Morgan fingerprint density at radius 1 is 1.27 bits per heavy atom. The highest BCUT2D eigenvalue weighted by Gasteiger charge is 2.16. The molecule has 0 bridgehead atoms. The average molecular weight is 361 g/mol. The van der Waals surface area contributed by atoms with Crippen LogP contribution in [-0.2, 0) is 27.9 Å². The second kappa shape index (κ2) is 8.11. The summed E-state index contributed by atoms with van der Waals surface area (Å²) in [6.45, 7) is -0.639. The molecule has 26 heavy (non-hydrogen) atoms. The van der Waals surface area contributed by atoms with Crippen LogP contribution in [0.1, 0.15) is 38.5 Å². The van der Waals surface area contributed by atoms with E-state index in [4.69, 9.17) is 4.74 Å². The standard InChI is InChI=1S/C17H23N5O4/c1-21-16-13(8-19-21)17(25)22(11-18-16)9-15(24)26-10-14(23)20-12-6-4-2-3-5-7-12/h8,11-12H,2-7,9-10H2,1H3,(H,20,23). The van der Waals surface area contributed by atoms with Crippen molar-refractivity contribution >= 4 is 22.9 Å². The summed E-state index contributed by atoms with van der Waals surface area (Å²) in [7, 11) is 1.68. The van der Waals surface area contributed by atoms with Crippen molar-refractivity contribution in [1.82, 2.24) is 24.6 Å². The Bertz CT molecular complexity index is 848. The van der Waals surface area contributed by atoms with E-state index in [9.17, 15) is 14.4 Å². The van der Waals surface area contributed by atoms with Crippen LogP contribution in [-0.4, -0.2) is 43.9 Å². The molecule has 0 saturated heterocycles. The van der Waals surface area contributed by atoms with Gasteiger partial charge in [-0.25, -0.2) is 4.98 Å². The van der Waals surface area contributed by atoms with Crippen molar-refractivity contribution in [1.29, 1.82) is 0 Å². The molecule has 1 amide bonds. The molecule has 1 saturated carbocycles. The molecule has 0 radical (unpaired) electrons. The zero-order valence-corrected chi connectivity index (χ0v) is 14.8. The lowest BCUT2D eigenvalue weighted by Crippen LogP contribution is -2.37. The predicted octanol–water partition coefficient (Wildman–Crippen LogP) is 0.512. The fourth-order valence-corrected chi connectivity index (χ4v) is 3.20. The normalized spacial score (nSPS) is 15.6. The fraction of sp³-hybridized carbons (Fsp3) is 0.588. The van der Waals surface area contributed by atoms with E-state index in [0.717, 1.165) is 30.3 Å². The largest absolute Gasteiger partial charge is 0.454 e. The highest BCUT2D eigenvalue weighted by Crippen LogP contribution is 2.17. The number of ether oxygens (including phenoxy) is 1. The summed E-state index contributed by atoms with van der Waals surface area (Å²) < 4.78 is 7.63. The third kappa shape index (κ3) is 4.27. The van der Waals surface area contributed by atoms with E-state index in [1.54, 1.807) is 7.05 Å². The van der Waals surface area contributed by atoms with E-state index in [1.165, 1.54) is 30.0 Å². The molecule has 1 aliphatic carbocycles. The van der Waals surface area contributed by atoms with Gasteiger partial charge in [0.2, 0.25) is 0 Å². The van der Waals surface area contributed by atoms with Crippen molar-refractivity contribution in [3.63, 3.8) is 0 Å². The van der Waals surface area contributed by atoms with Gasteiger partial charge in [0.25, 0.3) is 11.5 Å². The van der Waals surface area contributed by atoms with E-state index >= 15 is 0 Å². The number of aryl methyl sites for hydroxylation is 1. The third-order valence-corrected chi connectivity index (χ3v) is 4.60. The summed E-state index contributed by atoms with van der Waals surface area (Å²) in [5.74, 6) is -0.966. The molecule has 0 atom stereocenters. The average Bonchev–Trinajstić information content (AvgIpc) is 2.82. The van der Waals surface area contributed by atoms with Crippen molar-refractivity contribution in [2.45, 2.75) is 51.1 Å². The van der Waals surface area contributed by atoms with Crippen LogP contribution in [0.25, 0.3) is 11.0 Å². The van der Waals surface area contributed by atoms with Crippen LogP contribution in [0, 0.1) is 0 Å². The number of aromatic nitrogens is 4. The predicted molar refractivity (Wildman–Crippen MR) is 93.4 cm³/mol. The minimum Gasteiger partial charge on any atom is -0.454 e. The smallest absolute Gasteiger partial charge is 0.326 e. The molecule has 9 nitrogen and oxygen atoms in total. The van der Waals surface area contributed by atoms with Crippen molar-refractivity contribution in [2.24, 2.45) is 7.05 Å². The molecule has 2 aromatic heterocycles. The molecule has 0 spiro atoms. The zero-order valence-electron chi connectivity index (χ0n) is 14.8. The maximum Gasteiger partial charge on any atom is 0.326 e. The lowest BCUT2D eigenvalue weighted by molar-refractivity contribution is -0.149. The maximum absolute atomic E-state index is 12.3. The highest BCUT2D eigenvalue weighted by molar-refractivity contribution is 5.80. The Morgan fingerprint density at radius 2 is 2.00 bits per heavy atom. The van der Waals surface area contributed by atoms with Gasteiger partial charge in [0, 0.05) is 13.1 Å². The number of hydrogen-bond donors (Lipinski definition) is 1. The van der Waals surface area contributed by atoms with Gasteiger partial charge in [-0.2, -0.15) is 5.10 Å². The lowest BCUT2D eigenvalue weighted by Gasteiger charge is -2.16. The van der Waals surface area contributed by atoms with Gasteiger partial charge >= 0.3 is 5.97 Å². The first-order chi connectivity index (χ1) is 12.5. The Morgan fingerprint density at radius 3 is 2.73 bits per heavy atom. The summed E-state index contributed by atoms with van der Waals surface area (Å²) in [6.07, 6.45) is 9.23. The number of carbonyl (C=O) groups excluding carboxylic acids is 2. The number of esters is 1. The molecule has 2 heterocycles. The molecule has 1 aliphatic rings. The maximum atomic E-state index is 12.3. The Hall–Kier alpha value is -2.71. The molecule has 0 aliphatic heterocycles. The highest BCUT2D eigenvalue weighted by atomic mass is 16.5. The van der Waals surface area contributed by atoms with Gasteiger partial charge in [-0.05, 0) is 12.8 Å². The van der Waals surface area contributed by atoms with Crippen LogP contribution in [0.2, 0.25) is 0 Å². The van der Waals surface area contributed by atoms with Crippen LogP contribution < -0.4 is 10.9 Å². The molecule has 0 unspecified atom stereocenters. The first-order valence-electron chi connectivity index (χ1n) is 8.86. The van der Waals surface area contributed by atoms with Gasteiger partial charge in [-0.15, -0.1) is 0 Å². The molecular weight excluding hydrogens is 338 g/mol. The van der Waals surface area contributed by atoms with E-state index in [2.05, 4.69) is 15.4 Å². The van der Waals surface area contributed by atoms with Gasteiger partial charge in [-0.1, -0.05) is 25.7 Å². The second-order valence-corrected chi connectivity index (χ2v) is 6.60. The van der Waals surface area contributed by atoms with E-state index in [-0.39, 0.29) is 30.7 Å². The Labute approximate surface area is 150 Å². The zero-order chi connectivity index (χ0) is 18.5. The van der Waals surface area contributed by atoms with Crippen LogP contribution in [0.15, 0.2) is 17.3 Å². The third-order valence-electron chi connectivity index (χ3n) is 4.60. The monoisotopic (exact) mass is 361 g/mol. The van der Waals surface area contributed by atoms with E-state index in [0.29, 0.717) is 11.0 Å². The minimum atomic E-state index is -0.659. The molecule has 140 valence electrons. The van der Waals surface area contributed by atoms with Crippen LogP contribution in [0.3, 0.4) is 0 Å². The SMILES string of the molecule is Cn1ncc2c(=O)n(CC(=O)OCC(=O)NC3CCCCCC3)cnc21. The van der Waals surface area contributed by atoms with Crippen LogP contribution >= 0.6 is 0 Å². The van der Waals surface area contributed by atoms with Crippen molar-refractivity contribution in [3.8, 4) is 0 Å². The minimum absolute atomic E-state index is 0.156. The number of nitrogens with one attached hydrogen (secondary N) is 1. The molecular formula is C17H23N5O4. The lowest BCUT2D eigenvalue weighted by atomic mass is 10.1. The van der Waals surface area contributed by atoms with Crippen molar-refractivity contribution in [2.75, 3.05) is 6.61 Å². The summed E-state index contributed by atoms with van der Waals surface area (Å²) in [4.78, 5) is 40.3. The van der Waals surface area contributed by atoms with Gasteiger partial charge < -0.3 is 10.1 Å². The molecule has 1 fully saturated rings. The molecule has 3 rings (SSSR count).